The number of hydrogen-bond donors (Lipinski definition) is 2. The minimum absolute atomic E-state index is 0.00556. The molecule has 1 amide bonds. The van der Waals surface area contributed by atoms with E-state index in [1.807, 2.05) is 60.7 Å². The number of rotatable bonds is 6. The van der Waals surface area contributed by atoms with E-state index in [0.29, 0.717) is 12.1 Å². The zero-order valence-corrected chi connectivity index (χ0v) is 24.7. The van der Waals surface area contributed by atoms with Crippen LogP contribution in [0.15, 0.2) is 78.9 Å². The van der Waals surface area contributed by atoms with Crippen LogP contribution in [0.4, 0.5) is 32.0 Å². The number of esters is 1. The van der Waals surface area contributed by atoms with E-state index in [9.17, 15) is 35.9 Å². The van der Waals surface area contributed by atoms with Crippen LogP contribution < -0.4 is 10.6 Å². The maximum Gasteiger partial charge on any atom is 0.416 e. The summed E-state index contributed by atoms with van der Waals surface area (Å²) >= 11 is 6.45. The van der Waals surface area contributed by atoms with Crippen molar-refractivity contribution in [1.29, 1.82) is 0 Å². The molecule has 5 rings (SSSR count). The molecule has 44 heavy (non-hydrogen) atoms. The molecule has 0 bridgehead atoms. The van der Waals surface area contributed by atoms with Crippen LogP contribution in [0.1, 0.15) is 42.2 Å². The zero-order valence-electron chi connectivity index (χ0n) is 23.1. The second-order valence-electron chi connectivity index (χ2n) is 10.8. The predicted octanol–water partition coefficient (Wildman–Crippen LogP) is 6.77. The summed E-state index contributed by atoms with van der Waals surface area (Å²) in [4.78, 5) is 28.3. The Morgan fingerprint density at radius 2 is 1.41 bits per heavy atom. The van der Waals surface area contributed by atoms with Gasteiger partial charge in [-0.15, -0.1) is 11.8 Å². The predicted molar refractivity (Wildman–Crippen MR) is 157 cm³/mol. The van der Waals surface area contributed by atoms with Crippen molar-refractivity contribution < 1.29 is 40.7 Å². The van der Waals surface area contributed by atoms with Crippen molar-refractivity contribution in [2.24, 2.45) is 0 Å². The van der Waals surface area contributed by atoms with Crippen molar-refractivity contribution in [2.75, 3.05) is 5.32 Å². The number of anilines is 1. The standard InChI is InChI=1S/C30H25F6N3O3S2/c1-28(2)23(26(41)42-22(16-9-5-3-6-10-16)17-11-7-4-8-12-17)39-24(40)21(25(39)44-28)38-27(43)37-20-14-18(29(31,32)33)13-19(15-20)30(34,35)36/h3-15,21-23,25H,1-2H3,(H2,37,38,43)/t21-,23+,25?/m1/s1. The number of hydrogen-bond acceptors (Lipinski definition) is 5. The summed E-state index contributed by atoms with van der Waals surface area (Å²) in [6.07, 6.45) is -10.8. The number of ether oxygens (including phenoxy) is 1. The van der Waals surface area contributed by atoms with E-state index in [1.54, 1.807) is 13.8 Å². The van der Waals surface area contributed by atoms with Crippen LogP contribution in [0.25, 0.3) is 0 Å². The van der Waals surface area contributed by atoms with Gasteiger partial charge in [-0.3, -0.25) is 4.79 Å². The highest BCUT2D eigenvalue weighted by Gasteiger charge is 2.64. The number of nitrogens with zero attached hydrogens (tertiary/aromatic N) is 1. The highest BCUT2D eigenvalue weighted by Crippen LogP contribution is 2.51. The van der Waals surface area contributed by atoms with Crippen molar-refractivity contribution in [3.8, 4) is 0 Å². The fraction of sp³-hybridized carbons (Fsp3) is 0.300. The number of thiocarbonyl (C=S) groups is 1. The first kappa shape index (κ1) is 31.6. The van der Waals surface area contributed by atoms with E-state index in [2.05, 4.69) is 10.6 Å². The number of carbonyl (C=O) groups is 2. The van der Waals surface area contributed by atoms with E-state index in [4.69, 9.17) is 17.0 Å². The van der Waals surface area contributed by atoms with Gasteiger partial charge in [0.05, 0.1) is 11.1 Å². The summed E-state index contributed by atoms with van der Waals surface area (Å²) in [6.45, 7) is 3.56. The Hall–Kier alpha value is -3.78. The Balaban J connectivity index is 1.31. The molecule has 232 valence electrons. The van der Waals surface area contributed by atoms with Gasteiger partial charge in [0, 0.05) is 10.4 Å². The molecule has 2 saturated heterocycles. The number of halogens is 6. The molecule has 1 unspecified atom stereocenters. The van der Waals surface area contributed by atoms with Gasteiger partial charge >= 0.3 is 18.3 Å². The normalized spacial score (nSPS) is 21.0. The molecule has 2 heterocycles. The van der Waals surface area contributed by atoms with E-state index in [0.717, 1.165) is 11.1 Å². The summed E-state index contributed by atoms with van der Waals surface area (Å²) in [5.74, 6) is -1.14. The highest BCUT2D eigenvalue weighted by molar-refractivity contribution is 8.01. The molecule has 3 aromatic carbocycles. The maximum absolute atomic E-state index is 13.7. The van der Waals surface area contributed by atoms with Crippen LogP contribution in [0.2, 0.25) is 0 Å². The van der Waals surface area contributed by atoms with Gasteiger partial charge in [-0.25, -0.2) is 4.79 Å². The number of thioether (sulfide) groups is 1. The number of amides is 1. The van der Waals surface area contributed by atoms with E-state index in [1.165, 1.54) is 16.7 Å². The molecule has 0 radical (unpaired) electrons. The third-order valence-electron chi connectivity index (χ3n) is 7.24. The first-order chi connectivity index (χ1) is 20.6. The Kier molecular flexibility index (Phi) is 8.35. The minimum Gasteiger partial charge on any atom is -0.451 e. The zero-order chi connectivity index (χ0) is 32.0. The molecule has 2 fully saturated rings. The van der Waals surface area contributed by atoms with Gasteiger partial charge in [0.1, 0.15) is 17.5 Å². The third kappa shape index (κ3) is 6.36. The fourth-order valence-corrected chi connectivity index (χ4v) is 7.09. The Morgan fingerprint density at radius 1 is 0.909 bits per heavy atom. The number of alkyl halides is 6. The van der Waals surface area contributed by atoms with Gasteiger partial charge in [0.15, 0.2) is 11.2 Å². The largest absolute Gasteiger partial charge is 0.451 e. The molecular formula is C30H25F6N3O3S2. The Morgan fingerprint density at radius 3 is 1.89 bits per heavy atom. The lowest BCUT2D eigenvalue weighted by Crippen LogP contribution is -2.71. The molecule has 2 N–H and O–H groups in total. The van der Waals surface area contributed by atoms with Gasteiger partial charge in [-0.1, -0.05) is 60.7 Å². The van der Waals surface area contributed by atoms with Gasteiger partial charge in [-0.2, -0.15) is 26.3 Å². The molecule has 14 heteroatoms. The van der Waals surface area contributed by atoms with Crippen LogP contribution >= 0.6 is 24.0 Å². The van der Waals surface area contributed by atoms with Crippen LogP contribution in [0, 0.1) is 0 Å². The van der Waals surface area contributed by atoms with Crippen molar-refractivity contribution in [1.82, 2.24) is 10.2 Å². The summed E-state index contributed by atoms with van der Waals surface area (Å²) in [5.41, 5.74) is -2.10. The van der Waals surface area contributed by atoms with Crippen LogP contribution in [0.5, 0.6) is 0 Å². The monoisotopic (exact) mass is 653 g/mol. The SMILES string of the molecule is CC1(C)SC2[C@H](NC(=S)Nc3cc(C(F)(F)F)cc(C(F)(F)F)c3)C(=O)N2[C@H]1C(=O)OC(c1ccccc1)c1ccccc1. The molecule has 2 aliphatic rings. The van der Waals surface area contributed by atoms with Crippen molar-refractivity contribution in [3.05, 3.63) is 101 Å². The molecule has 0 aliphatic carbocycles. The molecule has 3 aromatic rings. The number of benzene rings is 3. The lowest BCUT2D eigenvalue weighted by molar-refractivity contribution is -0.165. The smallest absolute Gasteiger partial charge is 0.416 e. The van der Waals surface area contributed by atoms with Gasteiger partial charge in [0.25, 0.3) is 0 Å². The average Bonchev–Trinajstić information content (AvgIpc) is 3.22. The minimum atomic E-state index is -5.03. The first-order valence-corrected chi connectivity index (χ1v) is 14.5. The fourth-order valence-electron chi connectivity index (χ4n) is 5.23. The maximum atomic E-state index is 13.7. The Bertz CT molecular complexity index is 1500. The number of nitrogens with one attached hydrogen (secondary N) is 2. The second-order valence-corrected chi connectivity index (χ2v) is 12.9. The van der Waals surface area contributed by atoms with Gasteiger partial charge < -0.3 is 20.3 Å². The number of carbonyl (C=O) groups excluding carboxylic acids is 2. The van der Waals surface area contributed by atoms with Crippen LogP contribution in [0.3, 0.4) is 0 Å². The molecule has 0 aromatic heterocycles. The molecule has 0 spiro atoms. The lowest BCUT2D eigenvalue weighted by Gasteiger charge is -2.44. The van der Waals surface area contributed by atoms with Crippen LogP contribution in [-0.4, -0.2) is 44.1 Å². The van der Waals surface area contributed by atoms with E-state index >= 15 is 0 Å². The summed E-state index contributed by atoms with van der Waals surface area (Å²) in [7, 11) is 0. The van der Waals surface area contributed by atoms with Crippen molar-refractivity contribution in [2.45, 2.75) is 54.5 Å². The van der Waals surface area contributed by atoms with Crippen molar-refractivity contribution in [3.63, 3.8) is 0 Å². The average molecular weight is 654 g/mol. The van der Waals surface area contributed by atoms with E-state index < -0.39 is 69.4 Å². The quantitative estimate of drug-likeness (QED) is 0.132. The van der Waals surface area contributed by atoms with Gasteiger partial charge in [-0.05, 0) is 55.4 Å². The van der Waals surface area contributed by atoms with Gasteiger partial charge in [0.2, 0.25) is 5.91 Å². The molecule has 2 aliphatic heterocycles. The molecule has 6 nitrogen and oxygen atoms in total. The topological polar surface area (TPSA) is 70.7 Å². The second kappa shape index (κ2) is 11.6. The van der Waals surface area contributed by atoms with Crippen LogP contribution in [-0.2, 0) is 26.7 Å². The number of fused-ring (bicyclic) bond motifs is 1. The Labute approximate surface area is 258 Å². The number of β-lactam (4-membered cyclic amide) rings is 1. The molecule has 0 saturated carbocycles. The first-order valence-electron chi connectivity index (χ1n) is 13.2. The third-order valence-corrected chi connectivity index (χ3v) is 9.03. The highest BCUT2D eigenvalue weighted by atomic mass is 32.2. The summed E-state index contributed by atoms with van der Waals surface area (Å²) < 4.78 is 84.8. The van der Waals surface area contributed by atoms with Crippen molar-refractivity contribution >= 4 is 46.7 Å². The summed E-state index contributed by atoms with van der Waals surface area (Å²) in [6, 6.07) is 17.3. The summed E-state index contributed by atoms with van der Waals surface area (Å²) in [5, 5.41) is 4.06. The molecular weight excluding hydrogens is 628 g/mol. The van der Waals surface area contributed by atoms with E-state index in [-0.39, 0.29) is 11.2 Å². The lowest BCUT2D eigenvalue weighted by atomic mass is 9.95. The molecule has 3 atom stereocenters.